The molecule has 2 aromatic carbocycles. The van der Waals surface area contributed by atoms with Gasteiger partial charge in [0.2, 0.25) is 0 Å². The summed E-state index contributed by atoms with van der Waals surface area (Å²) in [6, 6.07) is 11.2. The topological polar surface area (TPSA) is 60.9 Å². The molecule has 2 heterocycles. The first-order chi connectivity index (χ1) is 11.6. The fourth-order valence-corrected chi connectivity index (χ4v) is 3.67. The average molecular weight is 324 g/mol. The number of likely N-dealkylation sites (tertiary alicyclic amines) is 1. The van der Waals surface area contributed by atoms with Crippen LogP contribution in [0.2, 0.25) is 0 Å². The molecule has 5 heteroatoms. The summed E-state index contributed by atoms with van der Waals surface area (Å²) in [5, 5.41) is 11.3. The van der Waals surface area contributed by atoms with Crippen LogP contribution >= 0.6 is 0 Å². The Balaban J connectivity index is 1.58. The molecule has 124 valence electrons. The van der Waals surface area contributed by atoms with E-state index in [1.165, 1.54) is 4.90 Å². The highest BCUT2D eigenvalue weighted by Crippen LogP contribution is 2.29. The van der Waals surface area contributed by atoms with Gasteiger partial charge in [-0.25, -0.2) is 0 Å². The highest BCUT2D eigenvalue weighted by Gasteiger charge is 2.32. The number of amides is 2. The average Bonchev–Trinajstić information content (AvgIpc) is 2.61. The van der Waals surface area contributed by atoms with E-state index in [0.29, 0.717) is 24.2 Å². The Bertz CT molecular complexity index is 759. The second-order valence-corrected chi connectivity index (χ2v) is 6.54. The van der Waals surface area contributed by atoms with Gasteiger partial charge in [-0.15, -0.1) is 0 Å². The van der Waals surface area contributed by atoms with E-state index >= 15 is 0 Å². The monoisotopic (exact) mass is 324 g/mol. The fourth-order valence-electron chi connectivity index (χ4n) is 3.67. The van der Waals surface area contributed by atoms with Gasteiger partial charge in [0.1, 0.15) is 0 Å². The number of nitrogens with zero attached hydrogens (tertiary/aromatic N) is 2. The van der Waals surface area contributed by atoms with Crippen LogP contribution in [0.5, 0.6) is 0 Å². The molecule has 0 aliphatic carbocycles. The van der Waals surface area contributed by atoms with Crippen LogP contribution in [0.3, 0.4) is 0 Å². The zero-order chi connectivity index (χ0) is 16.7. The zero-order valence-electron chi connectivity index (χ0n) is 13.4. The maximum atomic E-state index is 12.8. The number of hydrogen-bond acceptors (Lipinski definition) is 4. The highest BCUT2D eigenvalue weighted by atomic mass is 16.3. The molecule has 2 aliphatic rings. The van der Waals surface area contributed by atoms with E-state index in [0.717, 1.165) is 36.7 Å². The first-order valence-electron chi connectivity index (χ1n) is 8.43. The molecule has 5 nitrogen and oxygen atoms in total. The third-order valence-corrected chi connectivity index (χ3v) is 5.05. The van der Waals surface area contributed by atoms with E-state index in [1.807, 2.05) is 24.3 Å². The molecule has 0 bridgehead atoms. The van der Waals surface area contributed by atoms with E-state index in [-0.39, 0.29) is 17.9 Å². The van der Waals surface area contributed by atoms with Crippen molar-refractivity contribution in [2.75, 3.05) is 26.2 Å². The first-order valence-corrected chi connectivity index (χ1v) is 8.43. The molecule has 1 saturated heterocycles. The Hall–Kier alpha value is -2.24. The van der Waals surface area contributed by atoms with Gasteiger partial charge in [-0.3, -0.25) is 14.5 Å². The van der Waals surface area contributed by atoms with Gasteiger partial charge in [-0.1, -0.05) is 24.3 Å². The number of piperidine rings is 1. The molecule has 0 atom stereocenters. The number of aliphatic hydroxyl groups is 1. The van der Waals surface area contributed by atoms with Crippen molar-refractivity contribution >= 4 is 22.6 Å². The van der Waals surface area contributed by atoms with E-state index < -0.39 is 0 Å². The maximum absolute atomic E-state index is 12.8. The summed E-state index contributed by atoms with van der Waals surface area (Å²) in [5.41, 5.74) is 1.22. The summed E-state index contributed by atoms with van der Waals surface area (Å²) < 4.78 is 0. The van der Waals surface area contributed by atoms with Crippen molar-refractivity contribution < 1.29 is 14.7 Å². The van der Waals surface area contributed by atoms with E-state index in [4.69, 9.17) is 0 Å². The van der Waals surface area contributed by atoms with E-state index in [2.05, 4.69) is 4.90 Å². The lowest BCUT2D eigenvalue weighted by atomic mass is 9.94. The van der Waals surface area contributed by atoms with Crippen LogP contribution in [0.1, 0.15) is 33.6 Å². The Morgan fingerprint density at radius 1 is 0.917 bits per heavy atom. The van der Waals surface area contributed by atoms with Crippen LogP contribution in [0.25, 0.3) is 10.8 Å². The van der Waals surface area contributed by atoms with Gasteiger partial charge < -0.3 is 10.0 Å². The zero-order valence-corrected chi connectivity index (χ0v) is 13.4. The number of imide groups is 1. The molecule has 0 radical (unpaired) electrons. The molecule has 2 amide bonds. The van der Waals surface area contributed by atoms with Crippen molar-refractivity contribution in [1.29, 1.82) is 0 Å². The molecule has 0 aromatic heterocycles. The van der Waals surface area contributed by atoms with Crippen LogP contribution in [0, 0.1) is 0 Å². The smallest absolute Gasteiger partial charge is 0.261 e. The number of carbonyl (C=O) groups is 2. The Labute approximate surface area is 140 Å². The summed E-state index contributed by atoms with van der Waals surface area (Å²) in [6.07, 6.45) is 1.29. The van der Waals surface area contributed by atoms with E-state index in [9.17, 15) is 14.7 Å². The van der Waals surface area contributed by atoms with Crippen LogP contribution in [0.4, 0.5) is 0 Å². The van der Waals surface area contributed by atoms with Crippen molar-refractivity contribution in [2.45, 2.75) is 18.9 Å². The Morgan fingerprint density at radius 2 is 1.50 bits per heavy atom. The van der Waals surface area contributed by atoms with Crippen molar-refractivity contribution in [3.05, 3.63) is 47.5 Å². The van der Waals surface area contributed by atoms with Gasteiger partial charge >= 0.3 is 0 Å². The third-order valence-electron chi connectivity index (χ3n) is 5.05. The van der Waals surface area contributed by atoms with Gasteiger partial charge in [-0.05, 0) is 30.4 Å². The lowest BCUT2D eigenvalue weighted by molar-refractivity contribution is 0.0538. The summed E-state index contributed by atoms with van der Waals surface area (Å²) >= 11 is 0. The minimum Gasteiger partial charge on any atom is -0.393 e. The fraction of sp³-hybridized carbons (Fsp3) is 0.368. The van der Waals surface area contributed by atoms with Crippen LogP contribution in [0.15, 0.2) is 36.4 Å². The van der Waals surface area contributed by atoms with Gasteiger partial charge in [0.15, 0.2) is 0 Å². The third kappa shape index (κ3) is 2.50. The molecule has 0 saturated carbocycles. The normalized spacial score (nSPS) is 19.3. The maximum Gasteiger partial charge on any atom is 0.261 e. The summed E-state index contributed by atoms with van der Waals surface area (Å²) in [6.45, 7) is 2.66. The van der Waals surface area contributed by atoms with Crippen LogP contribution in [-0.2, 0) is 0 Å². The van der Waals surface area contributed by atoms with Crippen molar-refractivity contribution in [1.82, 2.24) is 9.80 Å². The molecular weight excluding hydrogens is 304 g/mol. The molecular formula is C19H20N2O3. The van der Waals surface area contributed by atoms with Crippen molar-refractivity contribution in [3.63, 3.8) is 0 Å². The molecule has 0 spiro atoms. The predicted octanol–water partition coefficient (Wildman–Crippen LogP) is 1.89. The standard InChI is InChI=1S/C19H20N2O3/c22-14-7-9-20(10-8-14)11-12-21-18(23)15-5-1-3-13-4-2-6-16(17(13)15)19(21)24/h1-6,14,22H,7-12H2. The van der Waals surface area contributed by atoms with E-state index in [1.54, 1.807) is 12.1 Å². The largest absolute Gasteiger partial charge is 0.393 e. The lowest BCUT2D eigenvalue weighted by Gasteiger charge is -2.32. The molecule has 2 aromatic rings. The van der Waals surface area contributed by atoms with Gasteiger partial charge in [0.05, 0.1) is 6.10 Å². The number of benzene rings is 2. The SMILES string of the molecule is O=C1c2cccc3cccc(c23)C(=O)N1CCN1CCC(O)CC1. The first kappa shape index (κ1) is 15.3. The van der Waals surface area contributed by atoms with Gasteiger partial charge in [0.25, 0.3) is 11.8 Å². The number of hydrogen-bond donors (Lipinski definition) is 1. The summed E-state index contributed by atoms with van der Waals surface area (Å²) in [4.78, 5) is 29.1. The predicted molar refractivity (Wildman–Crippen MR) is 91.0 cm³/mol. The minimum atomic E-state index is -0.219. The van der Waals surface area contributed by atoms with Gasteiger partial charge in [0, 0.05) is 42.7 Å². The molecule has 1 fully saturated rings. The highest BCUT2D eigenvalue weighted by molar-refractivity contribution is 6.25. The van der Waals surface area contributed by atoms with Crippen molar-refractivity contribution in [3.8, 4) is 0 Å². The second kappa shape index (κ2) is 6.00. The molecule has 2 aliphatic heterocycles. The Morgan fingerprint density at radius 3 is 2.08 bits per heavy atom. The quantitative estimate of drug-likeness (QED) is 0.876. The van der Waals surface area contributed by atoms with Gasteiger partial charge in [-0.2, -0.15) is 0 Å². The summed E-state index contributed by atoms with van der Waals surface area (Å²) in [5.74, 6) is -0.414. The Kier molecular flexibility index (Phi) is 3.82. The van der Waals surface area contributed by atoms with Crippen LogP contribution in [-0.4, -0.2) is 59.0 Å². The number of rotatable bonds is 3. The lowest BCUT2D eigenvalue weighted by Crippen LogP contribution is -2.46. The minimum absolute atomic E-state index is 0.207. The molecule has 4 rings (SSSR count). The number of aliphatic hydroxyl groups excluding tert-OH is 1. The molecule has 24 heavy (non-hydrogen) atoms. The second-order valence-electron chi connectivity index (χ2n) is 6.54. The molecule has 0 unspecified atom stereocenters. The molecule has 1 N–H and O–H groups in total. The number of carbonyl (C=O) groups excluding carboxylic acids is 2. The van der Waals surface area contributed by atoms with Crippen molar-refractivity contribution in [2.24, 2.45) is 0 Å². The summed E-state index contributed by atoms with van der Waals surface area (Å²) in [7, 11) is 0. The van der Waals surface area contributed by atoms with Crippen LogP contribution < -0.4 is 0 Å².